The van der Waals surface area contributed by atoms with Crippen molar-refractivity contribution in [3.63, 3.8) is 0 Å². The van der Waals surface area contributed by atoms with Gasteiger partial charge in [0.05, 0.1) is 10.8 Å². The molecule has 0 saturated carbocycles. The molecule has 6 nitrogen and oxygen atoms in total. The first-order chi connectivity index (χ1) is 12.2. The number of carbonyl (C=O) groups is 2. The van der Waals surface area contributed by atoms with Crippen LogP contribution in [0.1, 0.15) is 28.4 Å². The number of halogens is 2. The minimum atomic E-state index is -4.01. The van der Waals surface area contributed by atoms with Gasteiger partial charge in [0, 0.05) is 19.0 Å². The molecule has 9 heteroatoms. The molecule has 0 aliphatic heterocycles. The molecule has 0 saturated heterocycles. The largest absolute Gasteiger partial charge is 0.352 e. The summed E-state index contributed by atoms with van der Waals surface area (Å²) in [5, 5.41) is 2.49. The summed E-state index contributed by atoms with van der Waals surface area (Å²) in [5.74, 6) is -2.28. The van der Waals surface area contributed by atoms with Gasteiger partial charge in [-0.15, -0.1) is 0 Å². The summed E-state index contributed by atoms with van der Waals surface area (Å²) >= 11 is 5.55. The summed E-state index contributed by atoms with van der Waals surface area (Å²) in [6, 6.07) is 9.72. The van der Waals surface area contributed by atoms with Gasteiger partial charge in [-0.2, -0.15) is 0 Å². The van der Waals surface area contributed by atoms with Gasteiger partial charge in [-0.25, -0.2) is 17.5 Å². The molecule has 0 aliphatic carbocycles. The number of sulfonamides is 1. The highest BCUT2D eigenvalue weighted by Gasteiger charge is 2.17. The third-order valence-electron chi connectivity index (χ3n) is 3.35. The maximum absolute atomic E-state index is 13.4. The Bertz CT molecular complexity index is 930. The number of benzene rings is 2. The third kappa shape index (κ3) is 5.82. The van der Waals surface area contributed by atoms with Gasteiger partial charge in [0.1, 0.15) is 5.82 Å². The fourth-order valence-electron chi connectivity index (χ4n) is 2.09. The van der Waals surface area contributed by atoms with Crippen molar-refractivity contribution in [1.29, 1.82) is 0 Å². The molecule has 0 heterocycles. The van der Waals surface area contributed by atoms with E-state index in [0.717, 1.165) is 11.6 Å². The van der Waals surface area contributed by atoms with E-state index >= 15 is 0 Å². The zero-order chi connectivity index (χ0) is 19.3. The second-order valence-corrected chi connectivity index (χ2v) is 7.67. The van der Waals surface area contributed by atoms with E-state index in [9.17, 15) is 22.4 Å². The fourth-order valence-corrected chi connectivity index (χ4v) is 3.29. The van der Waals surface area contributed by atoms with Gasteiger partial charge >= 0.3 is 0 Å². The molecule has 2 N–H and O–H groups in total. The lowest BCUT2D eigenvalue weighted by Gasteiger charge is -2.08. The fraction of sp³-hybridized carbons (Fsp3) is 0.176. The second-order valence-electron chi connectivity index (χ2n) is 5.55. The average Bonchev–Trinajstić information content (AvgIpc) is 2.56. The molecule has 0 unspecified atom stereocenters. The summed E-state index contributed by atoms with van der Waals surface area (Å²) in [7, 11) is -4.01. The van der Waals surface area contributed by atoms with Gasteiger partial charge in [-0.1, -0.05) is 29.8 Å². The first-order valence-electron chi connectivity index (χ1n) is 7.48. The van der Waals surface area contributed by atoms with Gasteiger partial charge in [0.25, 0.3) is 5.91 Å². The van der Waals surface area contributed by atoms with Crippen LogP contribution in [0.15, 0.2) is 42.5 Å². The van der Waals surface area contributed by atoms with Crippen molar-refractivity contribution in [2.75, 3.05) is 0 Å². The van der Waals surface area contributed by atoms with E-state index in [1.807, 2.05) is 4.72 Å². The Morgan fingerprint density at radius 1 is 1.08 bits per heavy atom. The molecule has 0 spiro atoms. The van der Waals surface area contributed by atoms with Crippen LogP contribution >= 0.6 is 11.6 Å². The molecular formula is C17H16ClFN2O4S. The maximum Gasteiger partial charge on any atom is 0.264 e. The van der Waals surface area contributed by atoms with Gasteiger partial charge < -0.3 is 5.32 Å². The number of carbonyl (C=O) groups excluding carboxylic acids is 2. The van der Waals surface area contributed by atoms with Crippen LogP contribution in [0, 0.1) is 5.82 Å². The molecule has 0 fully saturated rings. The van der Waals surface area contributed by atoms with Crippen LogP contribution in [0.3, 0.4) is 0 Å². The Morgan fingerprint density at radius 2 is 1.69 bits per heavy atom. The Kier molecular flexibility index (Phi) is 6.33. The average molecular weight is 399 g/mol. The Labute approximate surface area is 155 Å². The van der Waals surface area contributed by atoms with Crippen LogP contribution in [0.4, 0.5) is 4.39 Å². The van der Waals surface area contributed by atoms with E-state index < -0.39 is 27.5 Å². The molecule has 0 aliphatic rings. The molecule has 138 valence electrons. The molecule has 0 aromatic heterocycles. The van der Waals surface area contributed by atoms with Crippen molar-refractivity contribution in [3.8, 4) is 0 Å². The minimum Gasteiger partial charge on any atom is -0.352 e. The van der Waals surface area contributed by atoms with Crippen molar-refractivity contribution in [3.05, 3.63) is 70.0 Å². The molecule has 26 heavy (non-hydrogen) atoms. The lowest BCUT2D eigenvalue weighted by Crippen LogP contribution is -2.31. The van der Waals surface area contributed by atoms with Crippen LogP contribution in [-0.2, 0) is 27.1 Å². The number of nitrogens with one attached hydrogen (secondary N) is 2. The van der Waals surface area contributed by atoms with E-state index in [2.05, 4.69) is 5.32 Å². The van der Waals surface area contributed by atoms with E-state index in [-0.39, 0.29) is 22.1 Å². The minimum absolute atomic E-state index is 0.116. The predicted octanol–water partition coefficient (Wildman–Crippen LogP) is 2.38. The van der Waals surface area contributed by atoms with Crippen LogP contribution in [-0.4, -0.2) is 20.2 Å². The lowest BCUT2D eigenvalue weighted by atomic mass is 10.1. The van der Waals surface area contributed by atoms with Crippen LogP contribution in [0.5, 0.6) is 0 Å². The number of rotatable bonds is 6. The molecule has 2 aromatic rings. The molecule has 2 amide bonds. The summed E-state index contributed by atoms with van der Waals surface area (Å²) in [6.45, 7) is 1.69. The van der Waals surface area contributed by atoms with Crippen molar-refractivity contribution >= 4 is 33.4 Å². The van der Waals surface area contributed by atoms with Gasteiger partial charge in [0.15, 0.2) is 0 Å². The van der Waals surface area contributed by atoms with E-state index in [1.54, 1.807) is 12.1 Å². The van der Waals surface area contributed by atoms with Crippen LogP contribution < -0.4 is 10.0 Å². The molecule has 0 atom stereocenters. The Balaban J connectivity index is 2.03. The summed E-state index contributed by atoms with van der Waals surface area (Å²) < 4.78 is 39.5. The Hall–Kier alpha value is -2.45. The SMILES string of the molecule is CC(=O)NCc1ccc(C(=O)NS(=O)(=O)Cc2ccc(Cl)c(F)c2)cc1. The first-order valence-corrected chi connectivity index (χ1v) is 9.51. The number of hydrogen-bond acceptors (Lipinski definition) is 4. The molecule has 0 radical (unpaired) electrons. The summed E-state index contributed by atoms with van der Waals surface area (Å²) in [6.07, 6.45) is 0. The summed E-state index contributed by atoms with van der Waals surface area (Å²) in [4.78, 5) is 23.0. The maximum atomic E-state index is 13.4. The molecule has 0 bridgehead atoms. The van der Waals surface area contributed by atoms with Crippen molar-refractivity contribution in [1.82, 2.24) is 10.0 Å². The topological polar surface area (TPSA) is 92.3 Å². The smallest absolute Gasteiger partial charge is 0.264 e. The zero-order valence-corrected chi connectivity index (χ0v) is 15.3. The quantitative estimate of drug-likeness (QED) is 0.781. The van der Waals surface area contributed by atoms with E-state index in [0.29, 0.717) is 6.54 Å². The van der Waals surface area contributed by atoms with Crippen molar-refractivity contribution < 1.29 is 22.4 Å². The van der Waals surface area contributed by atoms with E-state index in [4.69, 9.17) is 11.6 Å². The number of amides is 2. The lowest BCUT2D eigenvalue weighted by molar-refractivity contribution is -0.119. The molecular weight excluding hydrogens is 383 g/mol. The normalized spacial score (nSPS) is 11.0. The van der Waals surface area contributed by atoms with E-state index in [1.165, 1.54) is 31.2 Å². The zero-order valence-electron chi connectivity index (χ0n) is 13.8. The van der Waals surface area contributed by atoms with Crippen LogP contribution in [0.2, 0.25) is 5.02 Å². The van der Waals surface area contributed by atoms with Gasteiger partial charge in [0.2, 0.25) is 15.9 Å². The highest BCUT2D eigenvalue weighted by molar-refractivity contribution is 7.89. The monoisotopic (exact) mass is 398 g/mol. The van der Waals surface area contributed by atoms with Gasteiger partial charge in [-0.3, -0.25) is 9.59 Å². The standard InChI is InChI=1S/C17H16ClFN2O4S/c1-11(22)20-9-12-2-5-14(6-3-12)17(23)21-26(24,25)10-13-4-7-15(18)16(19)8-13/h2-8H,9-10H2,1H3,(H,20,22)(H,21,23). The van der Waals surface area contributed by atoms with Crippen molar-refractivity contribution in [2.24, 2.45) is 0 Å². The predicted molar refractivity (Wildman–Crippen MR) is 95.5 cm³/mol. The summed E-state index contributed by atoms with van der Waals surface area (Å²) in [5.41, 5.74) is 1.07. The third-order valence-corrected chi connectivity index (χ3v) is 4.86. The highest BCUT2D eigenvalue weighted by atomic mass is 35.5. The highest BCUT2D eigenvalue weighted by Crippen LogP contribution is 2.17. The molecule has 2 aromatic carbocycles. The second kappa shape index (κ2) is 8.29. The van der Waals surface area contributed by atoms with Crippen LogP contribution in [0.25, 0.3) is 0 Å². The molecule has 2 rings (SSSR count). The Morgan fingerprint density at radius 3 is 2.27 bits per heavy atom. The first kappa shape index (κ1) is 19.9. The van der Waals surface area contributed by atoms with Gasteiger partial charge in [-0.05, 0) is 35.4 Å². The van der Waals surface area contributed by atoms with Crippen molar-refractivity contribution in [2.45, 2.75) is 19.2 Å². The number of hydrogen-bond donors (Lipinski definition) is 2.